The van der Waals surface area contributed by atoms with Crippen LogP contribution in [0.5, 0.6) is 0 Å². The molecular formula is C5H4BrIN2. The van der Waals surface area contributed by atoms with Gasteiger partial charge in [-0.3, -0.25) is 0 Å². The first kappa shape index (κ1) is 7.27. The molecule has 0 aliphatic carbocycles. The van der Waals surface area contributed by atoms with Gasteiger partial charge in [-0.05, 0) is 44.6 Å². The SMILES string of the molecule is Nc1cc(I)ncc1Br. The van der Waals surface area contributed by atoms with Crippen LogP contribution >= 0.6 is 38.5 Å². The van der Waals surface area contributed by atoms with Crippen molar-refractivity contribution in [3.05, 3.63) is 20.4 Å². The van der Waals surface area contributed by atoms with Gasteiger partial charge in [0, 0.05) is 6.20 Å². The molecule has 1 aromatic rings. The standard InChI is InChI=1S/C5H4BrIN2/c6-3-2-9-5(7)1-4(3)8/h1-2H,(H2,8,9). The van der Waals surface area contributed by atoms with Crippen LogP contribution in [-0.2, 0) is 0 Å². The smallest absolute Gasteiger partial charge is 0.103 e. The Bertz CT molecular complexity index is 226. The van der Waals surface area contributed by atoms with Crippen molar-refractivity contribution >= 4 is 44.2 Å². The van der Waals surface area contributed by atoms with E-state index in [4.69, 9.17) is 5.73 Å². The number of halogens is 2. The van der Waals surface area contributed by atoms with Gasteiger partial charge in [0.05, 0.1) is 10.2 Å². The molecule has 0 amide bonds. The van der Waals surface area contributed by atoms with E-state index in [-0.39, 0.29) is 0 Å². The second-order valence-corrected chi connectivity index (χ2v) is 3.49. The van der Waals surface area contributed by atoms with Crippen LogP contribution in [0.4, 0.5) is 5.69 Å². The summed E-state index contributed by atoms with van der Waals surface area (Å²) in [5, 5.41) is 0. The third kappa shape index (κ3) is 1.79. The Morgan fingerprint density at radius 3 is 2.78 bits per heavy atom. The fourth-order valence-corrected chi connectivity index (χ4v) is 1.12. The van der Waals surface area contributed by atoms with Crippen LogP contribution in [0.25, 0.3) is 0 Å². The topological polar surface area (TPSA) is 38.9 Å². The summed E-state index contributed by atoms with van der Waals surface area (Å²) in [5.74, 6) is 0. The molecular weight excluding hydrogens is 295 g/mol. The lowest BCUT2D eigenvalue weighted by Crippen LogP contribution is -1.88. The van der Waals surface area contributed by atoms with Crippen molar-refractivity contribution < 1.29 is 0 Å². The fourth-order valence-electron chi connectivity index (χ4n) is 0.427. The predicted molar refractivity (Wildman–Crippen MR) is 49.1 cm³/mol. The summed E-state index contributed by atoms with van der Waals surface area (Å²) in [6.07, 6.45) is 1.69. The minimum absolute atomic E-state index is 0.731. The Balaban J connectivity index is 3.17. The van der Waals surface area contributed by atoms with Crippen molar-refractivity contribution in [3.8, 4) is 0 Å². The number of anilines is 1. The molecule has 0 spiro atoms. The summed E-state index contributed by atoms with van der Waals surface area (Å²) in [4.78, 5) is 4.00. The van der Waals surface area contributed by atoms with E-state index in [1.807, 2.05) is 6.07 Å². The van der Waals surface area contributed by atoms with Gasteiger partial charge in [0.1, 0.15) is 3.70 Å². The van der Waals surface area contributed by atoms with E-state index < -0.39 is 0 Å². The Morgan fingerprint density at radius 1 is 1.67 bits per heavy atom. The van der Waals surface area contributed by atoms with Crippen molar-refractivity contribution in [2.75, 3.05) is 5.73 Å². The number of nitrogens with zero attached hydrogens (tertiary/aromatic N) is 1. The maximum atomic E-state index is 5.53. The van der Waals surface area contributed by atoms with E-state index in [9.17, 15) is 0 Å². The summed E-state index contributed by atoms with van der Waals surface area (Å²) in [6.45, 7) is 0. The van der Waals surface area contributed by atoms with E-state index in [1.54, 1.807) is 6.20 Å². The highest BCUT2D eigenvalue weighted by Crippen LogP contribution is 2.18. The van der Waals surface area contributed by atoms with Crippen LogP contribution in [0, 0.1) is 3.70 Å². The molecule has 1 heterocycles. The molecule has 0 radical (unpaired) electrons. The minimum atomic E-state index is 0.731. The molecule has 0 fully saturated rings. The van der Waals surface area contributed by atoms with E-state index in [0.717, 1.165) is 13.9 Å². The lowest BCUT2D eigenvalue weighted by molar-refractivity contribution is 1.26. The number of rotatable bonds is 0. The summed E-state index contributed by atoms with van der Waals surface area (Å²) in [6, 6.07) is 1.81. The normalized spacial score (nSPS) is 9.56. The van der Waals surface area contributed by atoms with Crippen LogP contribution in [0.15, 0.2) is 16.7 Å². The highest BCUT2D eigenvalue weighted by Gasteiger charge is 1.94. The Labute approximate surface area is 75.1 Å². The van der Waals surface area contributed by atoms with E-state index in [0.29, 0.717) is 0 Å². The highest BCUT2D eigenvalue weighted by atomic mass is 127. The molecule has 0 aromatic carbocycles. The van der Waals surface area contributed by atoms with Gasteiger partial charge in [0.2, 0.25) is 0 Å². The van der Waals surface area contributed by atoms with Crippen molar-refractivity contribution in [1.82, 2.24) is 4.98 Å². The number of aromatic nitrogens is 1. The van der Waals surface area contributed by atoms with Gasteiger partial charge < -0.3 is 5.73 Å². The van der Waals surface area contributed by atoms with Gasteiger partial charge in [-0.1, -0.05) is 0 Å². The molecule has 0 bridgehead atoms. The zero-order valence-corrected chi connectivity index (χ0v) is 8.18. The first-order chi connectivity index (χ1) is 4.20. The molecule has 48 valence electrons. The van der Waals surface area contributed by atoms with E-state index in [1.165, 1.54) is 0 Å². The van der Waals surface area contributed by atoms with Crippen molar-refractivity contribution in [3.63, 3.8) is 0 Å². The number of hydrogen-bond donors (Lipinski definition) is 1. The second kappa shape index (κ2) is 2.83. The number of nitrogens with two attached hydrogens (primary N) is 1. The van der Waals surface area contributed by atoms with Crippen molar-refractivity contribution in [2.45, 2.75) is 0 Å². The van der Waals surface area contributed by atoms with Gasteiger partial charge in [-0.15, -0.1) is 0 Å². The first-order valence-corrected chi connectivity index (χ1v) is 4.14. The van der Waals surface area contributed by atoms with Gasteiger partial charge in [0.25, 0.3) is 0 Å². The molecule has 0 unspecified atom stereocenters. The van der Waals surface area contributed by atoms with Crippen LogP contribution in [0.1, 0.15) is 0 Å². The largest absolute Gasteiger partial charge is 0.398 e. The molecule has 4 heteroatoms. The monoisotopic (exact) mass is 298 g/mol. The highest BCUT2D eigenvalue weighted by molar-refractivity contribution is 14.1. The third-order valence-electron chi connectivity index (χ3n) is 0.852. The quantitative estimate of drug-likeness (QED) is 0.588. The lowest BCUT2D eigenvalue weighted by Gasteiger charge is -1.94. The summed E-state index contributed by atoms with van der Waals surface area (Å²) < 4.78 is 1.76. The molecule has 9 heavy (non-hydrogen) atoms. The number of pyridine rings is 1. The minimum Gasteiger partial charge on any atom is -0.398 e. The van der Waals surface area contributed by atoms with Crippen LogP contribution in [-0.4, -0.2) is 4.98 Å². The Morgan fingerprint density at radius 2 is 2.33 bits per heavy atom. The van der Waals surface area contributed by atoms with Gasteiger partial charge in [-0.25, -0.2) is 4.98 Å². The van der Waals surface area contributed by atoms with E-state index in [2.05, 4.69) is 43.5 Å². The second-order valence-electron chi connectivity index (χ2n) is 1.53. The zero-order valence-electron chi connectivity index (χ0n) is 4.44. The Kier molecular flexibility index (Phi) is 2.29. The third-order valence-corrected chi connectivity index (χ3v) is 2.10. The summed E-state index contributed by atoms with van der Waals surface area (Å²) in [7, 11) is 0. The van der Waals surface area contributed by atoms with Gasteiger partial charge >= 0.3 is 0 Å². The molecule has 0 atom stereocenters. The molecule has 1 rings (SSSR count). The maximum Gasteiger partial charge on any atom is 0.103 e. The van der Waals surface area contributed by atoms with Crippen LogP contribution in [0.2, 0.25) is 0 Å². The van der Waals surface area contributed by atoms with Crippen molar-refractivity contribution in [1.29, 1.82) is 0 Å². The molecule has 0 aliphatic rings. The van der Waals surface area contributed by atoms with E-state index >= 15 is 0 Å². The summed E-state index contributed by atoms with van der Waals surface area (Å²) in [5.41, 5.74) is 6.26. The molecule has 0 saturated carbocycles. The molecule has 2 nitrogen and oxygen atoms in total. The Hall–Kier alpha value is 0.160. The van der Waals surface area contributed by atoms with Crippen LogP contribution in [0.3, 0.4) is 0 Å². The maximum absolute atomic E-state index is 5.53. The number of nitrogen functional groups attached to an aromatic ring is 1. The van der Waals surface area contributed by atoms with Crippen molar-refractivity contribution in [2.24, 2.45) is 0 Å². The van der Waals surface area contributed by atoms with Gasteiger partial charge in [-0.2, -0.15) is 0 Å². The average Bonchev–Trinajstić information content (AvgIpc) is 1.80. The van der Waals surface area contributed by atoms with Crippen LogP contribution < -0.4 is 5.73 Å². The molecule has 2 N–H and O–H groups in total. The molecule has 0 aliphatic heterocycles. The molecule has 1 aromatic heterocycles. The zero-order chi connectivity index (χ0) is 6.85. The predicted octanol–water partition coefficient (Wildman–Crippen LogP) is 2.03. The average molecular weight is 299 g/mol. The number of hydrogen-bond acceptors (Lipinski definition) is 2. The molecule has 0 saturated heterocycles. The fraction of sp³-hybridized carbons (Fsp3) is 0. The van der Waals surface area contributed by atoms with Gasteiger partial charge in [0.15, 0.2) is 0 Å². The summed E-state index contributed by atoms with van der Waals surface area (Å²) >= 11 is 5.35. The lowest BCUT2D eigenvalue weighted by atomic mass is 10.4. The first-order valence-electron chi connectivity index (χ1n) is 2.26.